The van der Waals surface area contributed by atoms with Gasteiger partial charge in [-0.3, -0.25) is 18.7 Å². The summed E-state index contributed by atoms with van der Waals surface area (Å²) >= 11 is 1.84. The van der Waals surface area contributed by atoms with E-state index in [-0.39, 0.29) is 53.2 Å². The van der Waals surface area contributed by atoms with Crippen LogP contribution in [0, 0.1) is 5.82 Å². The monoisotopic (exact) mass is 551 g/mol. The van der Waals surface area contributed by atoms with Crippen LogP contribution < -0.4 is 16.6 Å². The van der Waals surface area contributed by atoms with Gasteiger partial charge in [0.1, 0.15) is 18.0 Å². The van der Waals surface area contributed by atoms with E-state index in [0.29, 0.717) is 31.1 Å². The van der Waals surface area contributed by atoms with Crippen molar-refractivity contribution in [1.82, 2.24) is 24.0 Å². The topological polar surface area (TPSA) is 111 Å². The summed E-state index contributed by atoms with van der Waals surface area (Å²) in [6.45, 7) is -0.00643. The Morgan fingerprint density at radius 3 is 2.49 bits per heavy atom. The number of nitrogens with one attached hydrogen (secondary N) is 1. The largest absolute Gasteiger partial charge is 0.494 e. The number of halogens is 1. The van der Waals surface area contributed by atoms with Crippen LogP contribution in [0.1, 0.15) is 50.6 Å². The van der Waals surface area contributed by atoms with Gasteiger partial charge in [0.25, 0.3) is 5.56 Å². The molecule has 1 aliphatic heterocycles. The number of rotatable bonds is 5. The zero-order chi connectivity index (χ0) is 27.1. The molecular formula is C28H30FN5O4S. The molecule has 0 atom stereocenters. The zero-order valence-electron chi connectivity index (χ0n) is 21.4. The molecule has 2 fully saturated rings. The maximum Gasteiger partial charge on any atom is 0.333 e. The molecule has 3 aromatic heterocycles. The molecule has 11 heteroatoms. The average molecular weight is 552 g/mol. The molecule has 1 aromatic carbocycles. The molecule has 0 radical (unpaired) electrons. The highest BCUT2D eigenvalue weighted by Gasteiger charge is 2.29. The Hall–Kier alpha value is -3.60. The fourth-order valence-electron chi connectivity index (χ4n) is 6.02. The van der Waals surface area contributed by atoms with E-state index in [9.17, 15) is 23.9 Å². The van der Waals surface area contributed by atoms with E-state index in [1.165, 1.54) is 15.2 Å². The first-order valence-corrected chi connectivity index (χ1v) is 14.5. The molecule has 6 rings (SSSR count). The molecule has 1 saturated carbocycles. The van der Waals surface area contributed by atoms with Crippen molar-refractivity contribution in [2.45, 2.75) is 63.2 Å². The molecule has 0 spiro atoms. The lowest BCUT2D eigenvalue weighted by Crippen LogP contribution is -2.46. The second-order valence-corrected chi connectivity index (χ2v) is 11.7. The summed E-state index contributed by atoms with van der Waals surface area (Å²) in [5.74, 6) is 1.07. The zero-order valence-corrected chi connectivity index (χ0v) is 22.2. The van der Waals surface area contributed by atoms with Crippen molar-refractivity contribution in [3.8, 4) is 5.88 Å². The minimum absolute atomic E-state index is 0.00643. The summed E-state index contributed by atoms with van der Waals surface area (Å²) < 4.78 is 18.6. The highest BCUT2D eigenvalue weighted by atomic mass is 32.2. The summed E-state index contributed by atoms with van der Waals surface area (Å²) in [5.41, 5.74) is -0.640. The minimum atomic E-state index is -0.608. The molecule has 0 bridgehead atoms. The second-order valence-electron chi connectivity index (χ2n) is 10.4. The van der Waals surface area contributed by atoms with Crippen LogP contribution in [0.2, 0.25) is 0 Å². The fourth-order valence-corrected chi connectivity index (χ4v) is 7.10. The lowest BCUT2D eigenvalue weighted by atomic mass is 9.91. The number of hydrogen-bond donors (Lipinski definition) is 2. The van der Waals surface area contributed by atoms with Crippen molar-refractivity contribution in [2.75, 3.05) is 11.5 Å². The maximum atomic E-state index is 14.1. The SMILES string of the molecule is O=C(Cn1cc2ccccc2c1O)NC1CCC(n2c(=O)c3cc(F)cnc3n(C3CCSCC3)c2=O)CC1. The Kier molecular flexibility index (Phi) is 6.92. The number of aromatic hydroxyl groups is 1. The summed E-state index contributed by atoms with van der Waals surface area (Å²) in [6.07, 6.45) is 6.67. The first-order chi connectivity index (χ1) is 18.9. The molecule has 9 nitrogen and oxygen atoms in total. The number of carbonyl (C=O) groups excluding carboxylic acids is 1. The van der Waals surface area contributed by atoms with E-state index in [2.05, 4.69) is 10.3 Å². The summed E-state index contributed by atoms with van der Waals surface area (Å²) in [5, 5.41) is 15.2. The predicted octanol–water partition coefficient (Wildman–Crippen LogP) is 3.73. The molecule has 1 saturated heterocycles. The third kappa shape index (κ3) is 4.84. The molecule has 1 aliphatic carbocycles. The van der Waals surface area contributed by atoms with Gasteiger partial charge >= 0.3 is 5.69 Å². The first kappa shape index (κ1) is 25.7. The number of benzene rings is 1. The standard InChI is InChI=1S/C28H30FN5O4S/c29-18-13-23-25(30-14-18)33(21-9-11-39-12-10-21)28(38)34(27(23)37)20-7-5-19(6-8-20)31-24(35)16-32-15-17-3-1-2-4-22(17)26(32)36/h1-4,13-15,19-21,36H,5-12,16H2,(H,31,35). The van der Waals surface area contributed by atoms with Gasteiger partial charge in [-0.15, -0.1) is 0 Å². The summed E-state index contributed by atoms with van der Waals surface area (Å²) in [6, 6.07) is 8.06. The van der Waals surface area contributed by atoms with Gasteiger partial charge in [0, 0.05) is 35.1 Å². The Morgan fingerprint density at radius 2 is 1.74 bits per heavy atom. The highest BCUT2D eigenvalue weighted by molar-refractivity contribution is 7.99. The molecule has 1 amide bonds. The number of amides is 1. The Bertz CT molecular complexity index is 1660. The van der Waals surface area contributed by atoms with Crippen molar-refractivity contribution in [3.63, 3.8) is 0 Å². The first-order valence-electron chi connectivity index (χ1n) is 13.4. The van der Waals surface area contributed by atoms with Gasteiger partial charge in [-0.1, -0.05) is 18.2 Å². The van der Waals surface area contributed by atoms with Crippen LogP contribution in [0.4, 0.5) is 4.39 Å². The smallest absolute Gasteiger partial charge is 0.333 e. The van der Waals surface area contributed by atoms with Crippen LogP contribution >= 0.6 is 11.8 Å². The Morgan fingerprint density at radius 1 is 1.03 bits per heavy atom. The van der Waals surface area contributed by atoms with Crippen LogP contribution in [-0.2, 0) is 11.3 Å². The van der Waals surface area contributed by atoms with Gasteiger partial charge < -0.3 is 15.0 Å². The van der Waals surface area contributed by atoms with Gasteiger partial charge in [0.15, 0.2) is 5.88 Å². The molecule has 2 aliphatic rings. The van der Waals surface area contributed by atoms with Crippen molar-refractivity contribution >= 4 is 39.5 Å². The van der Waals surface area contributed by atoms with E-state index in [0.717, 1.165) is 35.9 Å². The van der Waals surface area contributed by atoms with Crippen LogP contribution in [0.5, 0.6) is 5.88 Å². The van der Waals surface area contributed by atoms with E-state index in [1.54, 1.807) is 16.8 Å². The van der Waals surface area contributed by atoms with Crippen molar-refractivity contribution < 1.29 is 14.3 Å². The van der Waals surface area contributed by atoms with E-state index < -0.39 is 11.4 Å². The normalized spacial score (nSPS) is 20.4. The molecular weight excluding hydrogens is 521 g/mol. The third-order valence-electron chi connectivity index (χ3n) is 7.99. The number of aromatic nitrogens is 4. The Labute approximate surface area is 227 Å². The van der Waals surface area contributed by atoms with Crippen molar-refractivity contribution in [2.24, 2.45) is 0 Å². The number of pyridine rings is 1. The summed E-state index contributed by atoms with van der Waals surface area (Å²) in [7, 11) is 0. The summed E-state index contributed by atoms with van der Waals surface area (Å²) in [4.78, 5) is 44.1. The molecule has 39 heavy (non-hydrogen) atoms. The fraction of sp³-hybridized carbons (Fsp3) is 0.429. The highest BCUT2D eigenvalue weighted by Crippen LogP contribution is 2.31. The quantitative estimate of drug-likeness (QED) is 0.391. The predicted molar refractivity (Wildman–Crippen MR) is 149 cm³/mol. The van der Waals surface area contributed by atoms with Gasteiger partial charge in [0.2, 0.25) is 5.91 Å². The number of fused-ring (bicyclic) bond motifs is 2. The Balaban J connectivity index is 1.20. The average Bonchev–Trinajstić information content (AvgIpc) is 3.25. The van der Waals surface area contributed by atoms with Gasteiger partial charge in [-0.2, -0.15) is 11.8 Å². The van der Waals surface area contributed by atoms with Crippen LogP contribution in [-0.4, -0.2) is 47.2 Å². The van der Waals surface area contributed by atoms with Gasteiger partial charge in [0.05, 0.1) is 11.6 Å². The number of nitrogens with zero attached hydrogens (tertiary/aromatic N) is 4. The molecule has 0 unspecified atom stereocenters. The second kappa shape index (κ2) is 10.5. The van der Waals surface area contributed by atoms with Crippen LogP contribution in [0.15, 0.2) is 52.3 Å². The number of carbonyl (C=O) groups is 1. The third-order valence-corrected chi connectivity index (χ3v) is 9.04. The number of thioether (sulfide) groups is 1. The molecule has 4 aromatic rings. The lowest BCUT2D eigenvalue weighted by molar-refractivity contribution is -0.122. The molecule has 4 heterocycles. The van der Waals surface area contributed by atoms with Gasteiger partial charge in [-0.25, -0.2) is 14.2 Å². The van der Waals surface area contributed by atoms with E-state index >= 15 is 0 Å². The van der Waals surface area contributed by atoms with Gasteiger partial charge in [-0.05, 0) is 62.2 Å². The lowest BCUT2D eigenvalue weighted by Gasteiger charge is -2.31. The van der Waals surface area contributed by atoms with E-state index in [1.807, 2.05) is 30.0 Å². The molecule has 204 valence electrons. The van der Waals surface area contributed by atoms with E-state index in [4.69, 9.17) is 0 Å². The maximum absolute atomic E-state index is 14.1. The van der Waals surface area contributed by atoms with Crippen molar-refractivity contribution in [3.05, 3.63) is 69.4 Å². The van der Waals surface area contributed by atoms with Crippen molar-refractivity contribution in [1.29, 1.82) is 0 Å². The molecule has 2 N–H and O–H groups in total. The van der Waals surface area contributed by atoms with Crippen LogP contribution in [0.3, 0.4) is 0 Å². The minimum Gasteiger partial charge on any atom is -0.494 e. The number of hydrogen-bond acceptors (Lipinski definition) is 6. The van der Waals surface area contributed by atoms with Crippen LogP contribution in [0.25, 0.3) is 21.8 Å².